The second-order valence-electron chi connectivity index (χ2n) is 22.5. The summed E-state index contributed by atoms with van der Waals surface area (Å²) in [6, 6.07) is -7.12. The first kappa shape index (κ1) is 74.0. The summed E-state index contributed by atoms with van der Waals surface area (Å²) in [7, 11) is 0. The number of hydrogen-bond donors (Lipinski definition) is 23. The van der Waals surface area contributed by atoms with E-state index in [1.807, 2.05) is 0 Å². The molecule has 0 saturated carbocycles. The molecule has 7 saturated heterocycles. The van der Waals surface area contributed by atoms with Gasteiger partial charge in [0.05, 0.1) is 46.2 Å². The topological polar surface area (TPSA) is 621 Å². The van der Waals surface area contributed by atoms with Gasteiger partial charge in [-0.2, -0.15) is 0 Å². The van der Waals surface area contributed by atoms with Gasteiger partial charge in [-0.25, -0.2) is 0 Å². The first-order valence-electron chi connectivity index (χ1n) is 28.6. The molecule has 90 heavy (non-hydrogen) atoms. The number of carbonyl (C=O) groups excluding carboxylic acids is 4. The summed E-state index contributed by atoms with van der Waals surface area (Å²) >= 11 is 0. The van der Waals surface area contributed by atoms with Crippen LogP contribution in [0.4, 0.5) is 0 Å². The Hall–Kier alpha value is -3.40. The Morgan fingerprint density at radius 3 is 0.967 bits per heavy atom. The highest BCUT2D eigenvalue weighted by Gasteiger charge is 2.60. The molecule has 0 aliphatic carbocycles. The molecule has 0 bridgehead atoms. The van der Waals surface area contributed by atoms with Crippen LogP contribution in [0.1, 0.15) is 27.7 Å². The molecule has 0 unspecified atom stereocenters. The number of aliphatic hydroxyl groups excluding tert-OH is 19. The van der Waals surface area contributed by atoms with Gasteiger partial charge in [-0.3, -0.25) is 19.2 Å². The molecule has 40 nitrogen and oxygen atoms in total. The number of nitrogens with one attached hydrogen (secondary N) is 4. The van der Waals surface area contributed by atoms with Crippen LogP contribution in [0.2, 0.25) is 0 Å². The third-order valence-corrected chi connectivity index (χ3v) is 16.1. The van der Waals surface area contributed by atoms with Crippen molar-refractivity contribution < 1.29 is 178 Å². The van der Waals surface area contributed by atoms with Crippen molar-refractivity contribution in [2.75, 3.05) is 46.2 Å². The lowest BCUT2D eigenvalue weighted by Crippen LogP contribution is -2.71. The number of aliphatic hydroxyl groups is 19. The zero-order valence-electron chi connectivity index (χ0n) is 48.6. The molecule has 0 aromatic heterocycles. The van der Waals surface area contributed by atoms with Crippen LogP contribution < -0.4 is 21.3 Å². The monoisotopic (exact) mass is 1320 g/mol. The molecule has 7 rings (SSSR count). The summed E-state index contributed by atoms with van der Waals surface area (Å²) in [4.78, 5) is 50.0. The number of carbonyl (C=O) groups is 4. The molecule has 40 heteroatoms. The van der Waals surface area contributed by atoms with Crippen LogP contribution >= 0.6 is 0 Å². The fourth-order valence-electron chi connectivity index (χ4n) is 11.5. The molecular weight excluding hydrogens is 1230 g/mol. The molecule has 35 atom stereocenters. The SMILES string of the molecule is CC(=O)N[C@@H]1[C@@H](O)[C@H](O[C@@H]2O[C@H](CO[C@H]3O[C@H](CO)[C@@H](O)[C@H](O)[C@@H]3O[C@@H]3O[C@H](CO)[C@@H](O)[C@H](O)[C@H]3NC(C)=O)[C@@H](O[C@@H]3O[C@H](CO)[C@@H](O)[C@H](O)[C@H]3NC(C)=O)[C@H](O[C@H]3O[C@H](CO)[C@@H](O)[C@H](O)[C@@H]3O[C@@H]3O[C@H](CO)[C@@H](O)[C@H](O)[C@H]3NC(C)=O)[C@@H]2O)[C@@H](CO)O[C@H]1O. The second kappa shape index (κ2) is 32.4. The highest BCUT2D eigenvalue weighted by Crippen LogP contribution is 2.39. The molecule has 7 aliphatic rings. The third-order valence-electron chi connectivity index (χ3n) is 16.1. The van der Waals surface area contributed by atoms with Gasteiger partial charge in [0, 0.05) is 27.7 Å². The molecule has 7 fully saturated rings. The number of ether oxygens (including phenoxy) is 13. The summed E-state index contributed by atoms with van der Waals surface area (Å²) in [5, 5.41) is 219. The Labute approximate surface area is 510 Å². The maximum absolute atomic E-state index is 12.8. The summed E-state index contributed by atoms with van der Waals surface area (Å²) in [5.74, 6) is -3.43. The van der Waals surface area contributed by atoms with Gasteiger partial charge >= 0.3 is 0 Å². The Balaban J connectivity index is 1.37. The normalized spacial score (nSPS) is 47.6. The third kappa shape index (κ3) is 16.4. The van der Waals surface area contributed by atoms with Crippen LogP contribution in [0.25, 0.3) is 0 Å². The first-order valence-corrected chi connectivity index (χ1v) is 28.6. The van der Waals surface area contributed by atoms with Gasteiger partial charge in [-0.05, 0) is 0 Å². The Morgan fingerprint density at radius 2 is 0.589 bits per heavy atom. The predicted molar refractivity (Wildman–Crippen MR) is 278 cm³/mol. The van der Waals surface area contributed by atoms with Gasteiger partial charge in [-0.15, -0.1) is 0 Å². The predicted octanol–water partition coefficient (Wildman–Crippen LogP) is -15.7. The minimum Gasteiger partial charge on any atom is -0.394 e. The molecule has 0 aromatic carbocycles. The summed E-state index contributed by atoms with van der Waals surface area (Å²) < 4.78 is 78.4. The van der Waals surface area contributed by atoms with Crippen molar-refractivity contribution >= 4 is 23.6 Å². The minimum absolute atomic E-state index is 0.829. The average molecular weight is 1320 g/mol. The van der Waals surface area contributed by atoms with E-state index in [2.05, 4.69) is 21.3 Å². The van der Waals surface area contributed by atoms with E-state index in [0.29, 0.717) is 0 Å². The van der Waals surface area contributed by atoms with E-state index in [1.54, 1.807) is 0 Å². The van der Waals surface area contributed by atoms with Crippen molar-refractivity contribution in [3.05, 3.63) is 0 Å². The van der Waals surface area contributed by atoms with Gasteiger partial charge in [0.1, 0.15) is 171 Å². The Kier molecular flexibility index (Phi) is 26.6. The van der Waals surface area contributed by atoms with Gasteiger partial charge < -0.3 is 180 Å². The average Bonchev–Trinajstić information content (AvgIpc) is 0.858. The van der Waals surface area contributed by atoms with E-state index >= 15 is 0 Å². The molecule has 0 radical (unpaired) electrons. The van der Waals surface area contributed by atoms with E-state index in [0.717, 1.165) is 27.7 Å². The van der Waals surface area contributed by atoms with E-state index in [4.69, 9.17) is 61.6 Å². The largest absolute Gasteiger partial charge is 0.394 e. The molecule has 7 heterocycles. The van der Waals surface area contributed by atoms with Crippen molar-refractivity contribution in [1.82, 2.24) is 21.3 Å². The number of rotatable bonds is 23. The molecule has 7 aliphatic heterocycles. The maximum atomic E-state index is 12.8. The highest BCUT2D eigenvalue weighted by atomic mass is 16.8. The van der Waals surface area contributed by atoms with Crippen LogP contribution in [0, 0.1) is 0 Å². The molecule has 4 amide bonds. The molecule has 520 valence electrons. The molecular formula is C50H84N4O36. The molecule has 0 spiro atoms. The standard InChI is InChI=1S/C50H84N4O36/c1-12(61)51-23-35(73)39(21(10-60)79-44(23)77)86-48-38(76)41(88-50-43(37(75)31(69)20(9-59)84-50)90-47-26(54-15(4)64)34(72)29(67)18(7-57)82-47)40(87-45-24(52-13(2)62)32(70)27(65)16(5-55)80-45)22(85-48)11-78-49-42(36(74)30(68)19(8-58)83-49)89-46-25(53-14(3)63)33(71)28(66)17(6-56)81-46/h16-50,55-60,65-77H,5-11H2,1-4H3,(H,51,61)(H,52,62)(H,53,63)(H,54,64)/t16-,17-,18-,19-,20-,21-,22-,23-,24-,25-,26-,27-,28-,29-,30-,31-,32-,33-,34-,35-,36+,37+,38+,39-,40-,41-,42+,43+,44-,45+,46+,47+,48+,49+,50-/m1/s1. The quantitative estimate of drug-likeness (QED) is 0.0452. The lowest BCUT2D eigenvalue weighted by molar-refractivity contribution is -0.406. The fourth-order valence-corrected chi connectivity index (χ4v) is 11.5. The lowest BCUT2D eigenvalue weighted by atomic mass is 9.94. The molecule has 0 aromatic rings. The summed E-state index contributed by atoms with van der Waals surface area (Å²) in [6.07, 6.45) is -63.9. The minimum atomic E-state index is -2.53. The van der Waals surface area contributed by atoms with E-state index in [1.165, 1.54) is 0 Å². The zero-order chi connectivity index (χ0) is 66.5. The highest BCUT2D eigenvalue weighted by molar-refractivity contribution is 5.74. The van der Waals surface area contributed by atoms with Gasteiger partial charge in [0.2, 0.25) is 23.6 Å². The van der Waals surface area contributed by atoms with Crippen molar-refractivity contribution in [1.29, 1.82) is 0 Å². The van der Waals surface area contributed by atoms with Crippen LogP contribution in [0.15, 0.2) is 0 Å². The van der Waals surface area contributed by atoms with Gasteiger partial charge in [0.15, 0.2) is 44.0 Å². The first-order chi connectivity index (χ1) is 42.5. The maximum Gasteiger partial charge on any atom is 0.217 e. The molecule has 23 N–H and O–H groups in total. The van der Waals surface area contributed by atoms with Crippen molar-refractivity contribution in [2.24, 2.45) is 0 Å². The van der Waals surface area contributed by atoms with E-state index < -0.39 is 285 Å². The second-order valence-corrected chi connectivity index (χ2v) is 22.5. The number of amides is 4. The van der Waals surface area contributed by atoms with E-state index in [9.17, 15) is 116 Å². The van der Waals surface area contributed by atoms with Crippen molar-refractivity contribution in [3.63, 3.8) is 0 Å². The van der Waals surface area contributed by atoms with Crippen LogP contribution in [-0.4, -0.2) is 382 Å². The number of hydrogen-bond acceptors (Lipinski definition) is 36. The zero-order valence-corrected chi connectivity index (χ0v) is 48.6. The Bertz CT molecular complexity index is 2310. The summed E-state index contributed by atoms with van der Waals surface area (Å²) in [6.45, 7) is -3.51. The van der Waals surface area contributed by atoms with Crippen molar-refractivity contribution in [3.8, 4) is 0 Å². The van der Waals surface area contributed by atoms with Gasteiger partial charge in [-0.1, -0.05) is 0 Å². The Morgan fingerprint density at radius 1 is 0.289 bits per heavy atom. The van der Waals surface area contributed by atoms with Crippen LogP contribution in [-0.2, 0) is 80.8 Å². The van der Waals surface area contributed by atoms with Crippen LogP contribution in [0.3, 0.4) is 0 Å². The van der Waals surface area contributed by atoms with Crippen molar-refractivity contribution in [2.45, 2.75) is 242 Å². The van der Waals surface area contributed by atoms with Gasteiger partial charge in [0.25, 0.3) is 0 Å². The van der Waals surface area contributed by atoms with E-state index in [-0.39, 0.29) is 0 Å². The fraction of sp³-hybridized carbons (Fsp3) is 0.920. The lowest BCUT2D eigenvalue weighted by Gasteiger charge is -2.52. The van der Waals surface area contributed by atoms with Crippen LogP contribution in [0.5, 0.6) is 0 Å². The summed E-state index contributed by atoms with van der Waals surface area (Å²) in [5.41, 5.74) is 0. The smallest absolute Gasteiger partial charge is 0.217 e.